The fourth-order valence-corrected chi connectivity index (χ4v) is 1.32. The van der Waals surface area contributed by atoms with Crippen LogP contribution < -0.4 is 11.1 Å². The van der Waals surface area contributed by atoms with E-state index >= 15 is 0 Å². The van der Waals surface area contributed by atoms with Gasteiger partial charge in [-0.3, -0.25) is 0 Å². The topological polar surface area (TPSA) is 73.1 Å². The maximum absolute atomic E-state index is 13.2. The highest BCUT2D eigenvalue weighted by atomic mass is 19.4. The van der Waals surface area contributed by atoms with Crippen molar-refractivity contribution in [2.45, 2.75) is 32.5 Å². The Bertz CT molecular complexity index is 451. The Labute approximate surface area is 113 Å². The number of hydrogen-bond donors (Lipinski definition) is 2. The van der Waals surface area contributed by atoms with Crippen LogP contribution in [0.3, 0.4) is 0 Å². The summed E-state index contributed by atoms with van der Waals surface area (Å²) in [7, 11) is 0. The van der Waals surface area contributed by atoms with E-state index in [0.29, 0.717) is 13.0 Å². The Hall–Kier alpha value is -1.64. The predicted molar refractivity (Wildman–Crippen MR) is 65.6 cm³/mol. The molecule has 3 N–H and O–H groups in total. The molecular formula is C11H16F4N4O. The lowest BCUT2D eigenvalue weighted by atomic mass is 10.3. The van der Waals surface area contributed by atoms with Crippen LogP contribution in [0.5, 0.6) is 0 Å². The highest BCUT2D eigenvalue weighted by Gasteiger charge is 2.38. The van der Waals surface area contributed by atoms with Crippen LogP contribution in [0.1, 0.15) is 26.0 Å². The summed E-state index contributed by atoms with van der Waals surface area (Å²) >= 11 is 0. The number of hydrogen-bond acceptors (Lipinski definition) is 5. The molecule has 0 aliphatic heterocycles. The van der Waals surface area contributed by atoms with Crippen molar-refractivity contribution in [2.75, 3.05) is 24.2 Å². The molecule has 0 saturated carbocycles. The summed E-state index contributed by atoms with van der Waals surface area (Å²) < 4.78 is 56.0. The number of nitrogens with one attached hydrogen (secondary N) is 1. The zero-order valence-corrected chi connectivity index (χ0v) is 11.1. The molecule has 0 spiro atoms. The molecule has 0 bridgehead atoms. The zero-order chi connectivity index (χ0) is 15.3. The van der Waals surface area contributed by atoms with E-state index in [1.807, 2.05) is 13.8 Å². The molecule has 0 aromatic carbocycles. The van der Waals surface area contributed by atoms with Crippen molar-refractivity contribution >= 4 is 11.8 Å². The number of ether oxygens (including phenoxy) is 1. The molecule has 0 unspecified atom stereocenters. The SMILES string of the molecule is CC(C)OCCCNc1nc(N)c(F)c(C(F)(F)F)n1. The zero-order valence-electron chi connectivity index (χ0n) is 11.1. The summed E-state index contributed by atoms with van der Waals surface area (Å²) in [5, 5.41) is 2.55. The lowest BCUT2D eigenvalue weighted by Crippen LogP contribution is -2.18. The number of halogens is 4. The average Bonchev–Trinajstić information content (AvgIpc) is 2.31. The summed E-state index contributed by atoms with van der Waals surface area (Å²) in [5.74, 6) is -2.86. The second-order valence-electron chi connectivity index (χ2n) is 4.29. The standard InChI is InChI=1S/C11H16F4N4O/c1-6(2)20-5-3-4-17-10-18-8(11(13,14)15)7(12)9(16)19-10/h6H,3-5H2,1-2H3,(H3,16,17,18,19). The molecule has 1 rings (SSSR count). The van der Waals surface area contributed by atoms with Gasteiger partial charge in [-0.15, -0.1) is 0 Å². The summed E-state index contributed by atoms with van der Waals surface area (Å²) in [5.41, 5.74) is 3.42. The Balaban J connectivity index is 2.65. The van der Waals surface area contributed by atoms with Crippen LogP contribution in [0.2, 0.25) is 0 Å². The van der Waals surface area contributed by atoms with Gasteiger partial charge >= 0.3 is 6.18 Å². The summed E-state index contributed by atoms with van der Waals surface area (Å²) in [4.78, 5) is 6.51. The minimum atomic E-state index is -4.92. The molecule has 5 nitrogen and oxygen atoms in total. The van der Waals surface area contributed by atoms with Crippen molar-refractivity contribution in [2.24, 2.45) is 0 Å². The van der Waals surface area contributed by atoms with Gasteiger partial charge in [0.05, 0.1) is 6.10 Å². The van der Waals surface area contributed by atoms with Gasteiger partial charge in [0.2, 0.25) is 5.95 Å². The second kappa shape index (κ2) is 6.69. The third-order valence-corrected chi connectivity index (χ3v) is 2.20. The van der Waals surface area contributed by atoms with E-state index in [1.165, 1.54) is 0 Å². The van der Waals surface area contributed by atoms with E-state index in [4.69, 9.17) is 10.5 Å². The molecular weight excluding hydrogens is 280 g/mol. The van der Waals surface area contributed by atoms with Crippen molar-refractivity contribution in [3.63, 3.8) is 0 Å². The van der Waals surface area contributed by atoms with Crippen molar-refractivity contribution < 1.29 is 22.3 Å². The Morgan fingerprint density at radius 2 is 1.95 bits per heavy atom. The molecule has 1 heterocycles. The lowest BCUT2D eigenvalue weighted by molar-refractivity contribution is -0.143. The van der Waals surface area contributed by atoms with Crippen molar-refractivity contribution in [1.82, 2.24) is 9.97 Å². The number of alkyl halides is 3. The molecule has 0 saturated heterocycles. The number of aromatic nitrogens is 2. The molecule has 0 radical (unpaired) electrons. The van der Waals surface area contributed by atoms with Gasteiger partial charge in [0.1, 0.15) is 0 Å². The van der Waals surface area contributed by atoms with E-state index in [9.17, 15) is 17.6 Å². The fraction of sp³-hybridized carbons (Fsp3) is 0.636. The van der Waals surface area contributed by atoms with E-state index in [-0.39, 0.29) is 18.6 Å². The van der Waals surface area contributed by atoms with Gasteiger partial charge in [-0.25, -0.2) is 9.37 Å². The molecule has 114 valence electrons. The van der Waals surface area contributed by atoms with Crippen LogP contribution in [0.4, 0.5) is 29.3 Å². The molecule has 0 fully saturated rings. The molecule has 0 aliphatic carbocycles. The number of nitrogen functional groups attached to an aromatic ring is 1. The first kappa shape index (κ1) is 16.4. The van der Waals surface area contributed by atoms with Crippen LogP contribution in [-0.2, 0) is 10.9 Å². The van der Waals surface area contributed by atoms with Gasteiger partial charge in [0.25, 0.3) is 0 Å². The first-order chi connectivity index (χ1) is 9.21. The summed E-state index contributed by atoms with van der Waals surface area (Å²) in [6.07, 6.45) is -4.30. The van der Waals surface area contributed by atoms with E-state index < -0.39 is 23.5 Å². The minimum Gasteiger partial charge on any atom is -0.381 e. The maximum atomic E-state index is 13.2. The smallest absolute Gasteiger partial charge is 0.381 e. The van der Waals surface area contributed by atoms with Crippen LogP contribution in [0.25, 0.3) is 0 Å². The second-order valence-corrected chi connectivity index (χ2v) is 4.29. The van der Waals surface area contributed by atoms with E-state index in [1.54, 1.807) is 0 Å². The largest absolute Gasteiger partial charge is 0.436 e. The van der Waals surface area contributed by atoms with Crippen molar-refractivity contribution in [3.8, 4) is 0 Å². The summed E-state index contributed by atoms with van der Waals surface area (Å²) in [6, 6.07) is 0. The molecule has 20 heavy (non-hydrogen) atoms. The first-order valence-corrected chi connectivity index (χ1v) is 5.97. The quantitative estimate of drug-likeness (QED) is 0.623. The van der Waals surface area contributed by atoms with E-state index in [2.05, 4.69) is 15.3 Å². The maximum Gasteiger partial charge on any atom is 0.436 e. The lowest BCUT2D eigenvalue weighted by Gasteiger charge is -2.12. The fourth-order valence-electron chi connectivity index (χ4n) is 1.32. The van der Waals surface area contributed by atoms with Gasteiger partial charge in [-0.2, -0.15) is 18.2 Å². The third kappa shape index (κ3) is 4.80. The van der Waals surface area contributed by atoms with Gasteiger partial charge in [-0.05, 0) is 20.3 Å². The average molecular weight is 296 g/mol. The predicted octanol–water partition coefficient (Wildman–Crippen LogP) is 2.44. The number of nitrogens with two attached hydrogens (primary N) is 1. The van der Waals surface area contributed by atoms with Gasteiger partial charge in [-0.1, -0.05) is 0 Å². The first-order valence-electron chi connectivity index (χ1n) is 5.97. The monoisotopic (exact) mass is 296 g/mol. The van der Waals surface area contributed by atoms with Crippen molar-refractivity contribution in [1.29, 1.82) is 0 Å². The Morgan fingerprint density at radius 1 is 1.30 bits per heavy atom. The minimum absolute atomic E-state index is 0.0737. The molecule has 0 aliphatic rings. The molecule has 1 aromatic rings. The van der Waals surface area contributed by atoms with Crippen LogP contribution in [0, 0.1) is 5.82 Å². The third-order valence-electron chi connectivity index (χ3n) is 2.20. The molecule has 1 aromatic heterocycles. The molecule has 9 heteroatoms. The van der Waals surface area contributed by atoms with Crippen molar-refractivity contribution in [3.05, 3.63) is 11.5 Å². The van der Waals surface area contributed by atoms with Gasteiger partial charge < -0.3 is 15.8 Å². The number of rotatable bonds is 6. The van der Waals surface area contributed by atoms with Gasteiger partial charge in [0, 0.05) is 13.2 Å². The van der Waals surface area contributed by atoms with E-state index in [0.717, 1.165) is 0 Å². The van der Waals surface area contributed by atoms with Crippen LogP contribution in [-0.4, -0.2) is 29.2 Å². The number of anilines is 2. The molecule has 0 amide bonds. The van der Waals surface area contributed by atoms with Crippen LogP contribution in [0.15, 0.2) is 0 Å². The Kier molecular flexibility index (Phi) is 5.49. The van der Waals surface area contributed by atoms with Gasteiger partial charge in [0.15, 0.2) is 17.3 Å². The number of nitrogens with zero attached hydrogens (tertiary/aromatic N) is 2. The van der Waals surface area contributed by atoms with Crippen LogP contribution >= 0.6 is 0 Å². The normalized spacial score (nSPS) is 11.9. The summed E-state index contributed by atoms with van der Waals surface area (Å²) in [6.45, 7) is 4.46. The highest BCUT2D eigenvalue weighted by molar-refractivity contribution is 5.41. The highest BCUT2D eigenvalue weighted by Crippen LogP contribution is 2.31. The Morgan fingerprint density at radius 3 is 2.50 bits per heavy atom. The molecule has 0 atom stereocenters.